The summed E-state index contributed by atoms with van der Waals surface area (Å²) in [6, 6.07) is 9.15. The third kappa shape index (κ3) is 4.06. The second-order valence-electron chi connectivity index (χ2n) is 7.91. The lowest BCUT2D eigenvalue weighted by Gasteiger charge is -2.18. The van der Waals surface area contributed by atoms with Gasteiger partial charge in [0.2, 0.25) is 0 Å². The van der Waals surface area contributed by atoms with Crippen LogP contribution in [0.1, 0.15) is 61.0 Å². The molecule has 2 aromatic rings. The fraction of sp³-hybridized carbons (Fsp3) is 0.500. The highest BCUT2D eigenvalue weighted by Gasteiger charge is 2.34. The fourth-order valence-corrected chi connectivity index (χ4v) is 5.52. The SMILES string of the molecule is Cc1ccccc1[C@H](C)NC(=O)Nc1cc(C2CC2)nn1[C@H]1CCS(=O)(=O)C1. The number of aryl methyl sites for hydroxylation is 1. The van der Waals surface area contributed by atoms with Gasteiger partial charge >= 0.3 is 6.03 Å². The Bertz CT molecular complexity index is 995. The maximum Gasteiger partial charge on any atom is 0.320 e. The van der Waals surface area contributed by atoms with E-state index in [4.69, 9.17) is 0 Å². The lowest BCUT2D eigenvalue weighted by molar-refractivity contribution is 0.249. The molecule has 2 atom stereocenters. The first-order chi connectivity index (χ1) is 13.3. The summed E-state index contributed by atoms with van der Waals surface area (Å²) in [4.78, 5) is 12.6. The average molecular weight is 403 g/mol. The molecule has 28 heavy (non-hydrogen) atoms. The Balaban J connectivity index is 1.50. The van der Waals surface area contributed by atoms with Gasteiger partial charge in [0.1, 0.15) is 5.82 Å². The summed E-state index contributed by atoms with van der Waals surface area (Å²) in [6.07, 6.45) is 2.72. The van der Waals surface area contributed by atoms with Crippen LogP contribution in [0.2, 0.25) is 0 Å². The molecule has 0 radical (unpaired) electrons. The van der Waals surface area contributed by atoms with Crippen LogP contribution in [-0.2, 0) is 9.84 Å². The van der Waals surface area contributed by atoms with Crippen molar-refractivity contribution in [3.8, 4) is 0 Å². The zero-order valence-electron chi connectivity index (χ0n) is 16.2. The molecule has 2 aliphatic rings. The van der Waals surface area contributed by atoms with Gasteiger partial charge in [-0.05, 0) is 44.2 Å². The number of carbonyl (C=O) groups is 1. The van der Waals surface area contributed by atoms with Gasteiger partial charge in [-0.3, -0.25) is 5.32 Å². The molecule has 1 aliphatic carbocycles. The van der Waals surface area contributed by atoms with E-state index in [2.05, 4.69) is 15.7 Å². The van der Waals surface area contributed by atoms with Crippen molar-refractivity contribution in [2.45, 2.75) is 51.1 Å². The van der Waals surface area contributed by atoms with Crippen LogP contribution in [0.3, 0.4) is 0 Å². The summed E-state index contributed by atoms with van der Waals surface area (Å²) in [5.74, 6) is 1.24. The van der Waals surface area contributed by atoms with Crippen molar-refractivity contribution in [1.82, 2.24) is 15.1 Å². The van der Waals surface area contributed by atoms with Gasteiger partial charge in [-0.25, -0.2) is 17.9 Å². The molecule has 1 saturated carbocycles. The number of amides is 2. The third-order valence-electron chi connectivity index (χ3n) is 5.55. The smallest absolute Gasteiger partial charge is 0.320 e. The predicted octanol–water partition coefficient (Wildman–Crippen LogP) is 3.31. The van der Waals surface area contributed by atoms with E-state index in [1.807, 2.05) is 44.2 Å². The van der Waals surface area contributed by atoms with Crippen LogP contribution in [-0.4, -0.2) is 35.7 Å². The van der Waals surface area contributed by atoms with Crippen molar-refractivity contribution in [3.05, 3.63) is 47.2 Å². The lowest BCUT2D eigenvalue weighted by atomic mass is 10.0. The number of aromatic nitrogens is 2. The number of hydrogen-bond donors (Lipinski definition) is 2. The molecule has 7 nitrogen and oxygen atoms in total. The van der Waals surface area contributed by atoms with E-state index in [1.165, 1.54) is 0 Å². The van der Waals surface area contributed by atoms with E-state index in [0.29, 0.717) is 18.2 Å². The molecule has 1 aliphatic heterocycles. The first-order valence-electron chi connectivity index (χ1n) is 9.75. The highest BCUT2D eigenvalue weighted by molar-refractivity contribution is 7.91. The number of carbonyl (C=O) groups excluding carboxylic acids is 1. The molecule has 1 aromatic carbocycles. The number of benzene rings is 1. The quantitative estimate of drug-likeness (QED) is 0.802. The molecule has 0 unspecified atom stereocenters. The van der Waals surface area contributed by atoms with Crippen LogP contribution < -0.4 is 10.6 Å². The first-order valence-corrected chi connectivity index (χ1v) is 11.6. The Morgan fingerprint density at radius 2 is 2.00 bits per heavy atom. The van der Waals surface area contributed by atoms with Crippen LogP contribution in [0.4, 0.5) is 10.6 Å². The van der Waals surface area contributed by atoms with E-state index in [0.717, 1.165) is 29.7 Å². The Hall–Kier alpha value is -2.35. The largest absolute Gasteiger partial charge is 0.331 e. The number of nitrogens with zero attached hydrogens (tertiary/aromatic N) is 2. The Morgan fingerprint density at radius 1 is 1.25 bits per heavy atom. The number of rotatable bonds is 5. The minimum atomic E-state index is -3.03. The molecule has 2 amide bonds. The molecular formula is C20H26N4O3S. The van der Waals surface area contributed by atoms with Crippen molar-refractivity contribution in [2.24, 2.45) is 0 Å². The summed E-state index contributed by atoms with van der Waals surface area (Å²) < 4.78 is 25.5. The van der Waals surface area contributed by atoms with E-state index >= 15 is 0 Å². The van der Waals surface area contributed by atoms with Gasteiger partial charge in [0.05, 0.1) is 29.3 Å². The molecular weight excluding hydrogens is 376 g/mol. The second-order valence-corrected chi connectivity index (χ2v) is 10.1. The van der Waals surface area contributed by atoms with Crippen LogP contribution in [0.15, 0.2) is 30.3 Å². The lowest BCUT2D eigenvalue weighted by Crippen LogP contribution is -2.32. The molecule has 150 valence electrons. The zero-order valence-corrected chi connectivity index (χ0v) is 17.0. The standard InChI is InChI=1S/C20H26N4O3S/c1-13-5-3-4-6-17(13)14(2)21-20(25)22-19-11-18(15-7-8-15)23-24(19)16-9-10-28(26,27)12-16/h3-6,11,14-16H,7-10,12H2,1-2H3,(H2,21,22,25)/t14-,16-/m0/s1. The van der Waals surface area contributed by atoms with Gasteiger partial charge in [-0.2, -0.15) is 5.10 Å². The van der Waals surface area contributed by atoms with Crippen molar-refractivity contribution < 1.29 is 13.2 Å². The van der Waals surface area contributed by atoms with Crippen molar-refractivity contribution in [1.29, 1.82) is 0 Å². The maximum atomic E-state index is 12.6. The number of urea groups is 1. The maximum absolute atomic E-state index is 12.6. The van der Waals surface area contributed by atoms with Gasteiger partial charge < -0.3 is 5.32 Å². The van der Waals surface area contributed by atoms with Crippen LogP contribution in [0.5, 0.6) is 0 Å². The van der Waals surface area contributed by atoms with E-state index in [-0.39, 0.29) is 29.6 Å². The fourth-order valence-electron chi connectivity index (χ4n) is 3.83. The Kier molecular flexibility index (Phi) is 4.91. The molecule has 0 bridgehead atoms. The highest BCUT2D eigenvalue weighted by Crippen LogP contribution is 2.41. The summed E-state index contributed by atoms with van der Waals surface area (Å²) in [5, 5.41) is 10.5. The van der Waals surface area contributed by atoms with Crippen molar-refractivity contribution in [3.63, 3.8) is 0 Å². The van der Waals surface area contributed by atoms with Crippen LogP contribution in [0.25, 0.3) is 0 Å². The summed E-state index contributed by atoms with van der Waals surface area (Å²) in [5.41, 5.74) is 3.12. The third-order valence-corrected chi connectivity index (χ3v) is 7.30. The molecule has 8 heteroatoms. The topological polar surface area (TPSA) is 93.1 Å². The zero-order chi connectivity index (χ0) is 19.9. The minimum Gasteiger partial charge on any atom is -0.331 e. The second kappa shape index (κ2) is 7.24. The van der Waals surface area contributed by atoms with Gasteiger partial charge in [-0.15, -0.1) is 0 Å². The average Bonchev–Trinajstić information content (AvgIpc) is 3.30. The molecule has 2 N–H and O–H groups in total. The molecule has 1 aromatic heterocycles. The highest BCUT2D eigenvalue weighted by atomic mass is 32.2. The molecule has 2 fully saturated rings. The Labute approximate surface area is 165 Å². The normalized spacial score (nSPS) is 22.0. The van der Waals surface area contributed by atoms with E-state index < -0.39 is 9.84 Å². The number of hydrogen-bond acceptors (Lipinski definition) is 4. The molecule has 4 rings (SSSR count). The number of anilines is 1. The summed E-state index contributed by atoms with van der Waals surface area (Å²) in [7, 11) is -3.03. The molecule has 1 saturated heterocycles. The molecule has 2 heterocycles. The van der Waals surface area contributed by atoms with Crippen molar-refractivity contribution in [2.75, 3.05) is 16.8 Å². The summed E-state index contributed by atoms with van der Waals surface area (Å²) >= 11 is 0. The first kappa shape index (κ1) is 19.0. The van der Waals surface area contributed by atoms with Crippen LogP contribution in [0, 0.1) is 6.92 Å². The Morgan fingerprint density at radius 3 is 2.64 bits per heavy atom. The number of nitrogens with one attached hydrogen (secondary N) is 2. The van der Waals surface area contributed by atoms with Gasteiger partial charge in [0, 0.05) is 12.0 Å². The molecule has 0 spiro atoms. The van der Waals surface area contributed by atoms with Crippen LogP contribution >= 0.6 is 0 Å². The van der Waals surface area contributed by atoms with Gasteiger partial charge in [-0.1, -0.05) is 24.3 Å². The van der Waals surface area contributed by atoms with Crippen molar-refractivity contribution >= 4 is 21.7 Å². The number of sulfone groups is 1. The minimum absolute atomic E-state index is 0.0781. The summed E-state index contributed by atoms with van der Waals surface area (Å²) in [6.45, 7) is 3.96. The van der Waals surface area contributed by atoms with E-state index in [1.54, 1.807) is 4.68 Å². The van der Waals surface area contributed by atoms with Gasteiger partial charge in [0.15, 0.2) is 9.84 Å². The van der Waals surface area contributed by atoms with Gasteiger partial charge in [0.25, 0.3) is 0 Å². The van der Waals surface area contributed by atoms with E-state index in [9.17, 15) is 13.2 Å². The predicted molar refractivity (Wildman–Crippen MR) is 108 cm³/mol. The monoisotopic (exact) mass is 402 g/mol.